The minimum absolute atomic E-state index is 0.407. The predicted octanol–water partition coefficient (Wildman–Crippen LogP) is 4.29. The summed E-state index contributed by atoms with van der Waals surface area (Å²) in [6.45, 7) is 2.05. The third-order valence-electron chi connectivity index (χ3n) is 5.03. The monoisotopic (exact) mass is 381 g/mol. The molecule has 0 bridgehead atoms. The largest absolute Gasteiger partial charge is 0.379 e. The maximum atomic E-state index is 9.40. The minimum atomic E-state index is 0.407. The van der Waals surface area contributed by atoms with Gasteiger partial charge in [0.25, 0.3) is 0 Å². The maximum Gasteiger partial charge on any atom is 0.178 e. The van der Waals surface area contributed by atoms with Gasteiger partial charge < -0.3 is 10.6 Å². The van der Waals surface area contributed by atoms with Crippen molar-refractivity contribution in [3.8, 4) is 17.2 Å². The van der Waals surface area contributed by atoms with Crippen LogP contribution in [0.25, 0.3) is 16.8 Å². The van der Waals surface area contributed by atoms with Crippen LogP contribution in [0.5, 0.6) is 0 Å². The summed E-state index contributed by atoms with van der Waals surface area (Å²) in [5.74, 6) is 0.658. The number of nitrogens with one attached hydrogen (secondary N) is 2. The molecule has 4 aromatic rings. The molecule has 1 fully saturated rings. The van der Waals surface area contributed by atoms with E-state index in [1.54, 1.807) is 23.1 Å². The first kappa shape index (κ1) is 17.2. The zero-order valence-electron chi connectivity index (χ0n) is 15.9. The van der Waals surface area contributed by atoms with Crippen LogP contribution >= 0.6 is 0 Å². The summed E-state index contributed by atoms with van der Waals surface area (Å²) in [4.78, 5) is 8.46. The summed E-state index contributed by atoms with van der Waals surface area (Å²) in [6, 6.07) is 14.8. The number of nitriles is 1. The van der Waals surface area contributed by atoms with Gasteiger partial charge in [-0.2, -0.15) is 9.78 Å². The number of aryl methyl sites for hydroxylation is 1. The van der Waals surface area contributed by atoms with E-state index in [1.165, 1.54) is 0 Å². The number of pyridine rings is 1. The van der Waals surface area contributed by atoms with Crippen molar-refractivity contribution in [1.82, 2.24) is 19.6 Å². The lowest BCUT2D eigenvalue weighted by molar-refractivity contribution is 0.924. The summed E-state index contributed by atoms with van der Waals surface area (Å²) < 4.78 is 1.59. The van der Waals surface area contributed by atoms with E-state index < -0.39 is 0 Å². The van der Waals surface area contributed by atoms with Crippen molar-refractivity contribution >= 4 is 22.8 Å². The summed E-state index contributed by atoms with van der Waals surface area (Å²) >= 11 is 0. The number of aromatic nitrogens is 4. The van der Waals surface area contributed by atoms with Gasteiger partial charge in [0.05, 0.1) is 11.9 Å². The van der Waals surface area contributed by atoms with Crippen molar-refractivity contribution in [2.45, 2.75) is 25.8 Å². The summed E-state index contributed by atoms with van der Waals surface area (Å²) in [5, 5.41) is 20.9. The predicted molar refractivity (Wildman–Crippen MR) is 112 cm³/mol. The van der Waals surface area contributed by atoms with Crippen molar-refractivity contribution in [3.63, 3.8) is 0 Å². The lowest BCUT2D eigenvalue weighted by Crippen LogP contribution is -2.08. The standard InChI is InChI=1S/C22H19N7/c1-14-2-3-16(15-6-8-24-9-7-15)10-19(14)27-21-11-20(26-17-4-5-17)22-25-13-18(12-23)29(22)28-21/h2-3,6-11,13,17,26H,4-5H2,1H3,(H,27,28). The lowest BCUT2D eigenvalue weighted by atomic mass is 10.0. The Morgan fingerprint density at radius 3 is 2.66 bits per heavy atom. The van der Waals surface area contributed by atoms with Crippen LogP contribution in [0.1, 0.15) is 24.1 Å². The minimum Gasteiger partial charge on any atom is -0.379 e. The van der Waals surface area contributed by atoms with Gasteiger partial charge in [0.15, 0.2) is 17.2 Å². The molecule has 0 unspecified atom stereocenters. The van der Waals surface area contributed by atoms with E-state index in [4.69, 9.17) is 0 Å². The highest BCUT2D eigenvalue weighted by molar-refractivity contribution is 5.76. The van der Waals surface area contributed by atoms with Crippen molar-refractivity contribution in [2.24, 2.45) is 0 Å². The van der Waals surface area contributed by atoms with Gasteiger partial charge in [-0.25, -0.2) is 4.98 Å². The fraction of sp³-hybridized carbons (Fsp3) is 0.182. The fourth-order valence-electron chi connectivity index (χ4n) is 3.28. The average molecular weight is 381 g/mol. The molecule has 0 radical (unpaired) electrons. The Labute approximate surface area is 168 Å². The Hall–Kier alpha value is -3.92. The number of fused-ring (bicyclic) bond motifs is 1. The van der Waals surface area contributed by atoms with Gasteiger partial charge in [-0.3, -0.25) is 4.98 Å². The third-order valence-corrected chi connectivity index (χ3v) is 5.03. The van der Waals surface area contributed by atoms with Gasteiger partial charge in [0, 0.05) is 30.2 Å². The SMILES string of the molecule is Cc1ccc(-c2ccncc2)cc1Nc1cc(NC2CC2)c2ncc(C#N)n2n1. The van der Waals surface area contributed by atoms with E-state index in [0.29, 0.717) is 23.2 Å². The van der Waals surface area contributed by atoms with Gasteiger partial charge in [-0.05, 0) is 54.7 Å². The smallest absolute Gasteiger partial charge is 0.178 e. The molecule has 0 saturated heterocycles. The molecule has 2 N–H and O–H groups in total. The molecule has 29 heavy (non-hydrogen) atoms. The van der Waals surface area contributed by atoms with E-state index in [-0.39, 0.29) is 0 Å². The van der Waals surface area contributed by atoms with E-state index in [2.05, 4.69) is 56.9 Å². The maximum absolute atomic E-state index is 9.40. The van der Waals surface area contributed by atoms with Gasteiger partial charge in [-0.1, -0.05) is 12.1 Å². The molecular weight excluding hydrogens is 362 g/mol. The van der Waals surface area contributed by atoms with Crippen molar-refractivity contribution in [1.29, 1.82) is 5.26 Å². The average Bonchev–Trinajstić information content (AvgIpc) is 3.46. The molecule has 0 aliphatic heterocycles. The third kappa shape index (κ3) is 3.36. The number of imidazole rings is 1. The molecule has 0 atom stereocenters. The van der Waals surface area contributed by atoms with Crippen LogP contribution in [0, 0.1) is 18.3 Å². The number of hydrogen-bond donors (Lipinski definition) is 2. The van der Waals surface area contributed by atoms with Crippen molar-refractivity contribution < 1.29 is 0 Å². The van der Waals surface area contributed by atoms with Crippen molar-refractivity contribution in [2.75, 3.05) is 10.6 Å². The van der Waals surface area contributed by atoms with E-state index in [9.17, 15) is 5.26 Å². The molecule has 7 heteroatoms. The van der Waals surface area contributed by atoms with Crippen LogP contribution in [-0.4, -0.2) is 25.6 Å². The molecule has 1 aromatic carbocycles. The molecule has 1 saturated carbocycles. The van der Waals surface area contributed by atoms with E-state index in [0.717, 1.165) is 40.9 Å². The molecule has 142 valence electrons. The quantitative estimate of drug-likeness (QED) is 0.536. The van der Waals surface area contributed by atoms with Crippen LogP contribution in [0.15, 0.2) is 55.0 Å². The normalized spacial score (nSPS) is 13.2. The number of rotatable bonds is 5. The van der Waals surface area contributed by atoms with Crippen LogP contribution in [-0.2, 0) is 0 Å². The second kappa shape index (κ2) is 6.91. The second-order valence-corrected chi connectivity index (χ2v) is 7.24. The number of benzene rings is 1. The van der Waals surface area contributed by atoms with Crippen LogP contribution < -0.4 is 10.6 Å². The lowest BCUT2D eigenvalue weighted by Gasteiger charge is -2.14. The van der Waals surface area contributed by atoms with Crippen LogP contribution in [0.2, 0.25) is 0 Å². The Balaban J connectivity index is 1.55. The topological polar surface area (TPSA) is 90.9 Å². The molecule has 5 rings (SSSR count). The summed E-state index contributed by atoms with van der Waals surface area (Å²) in [7, 11) is 0. The molecule has 7 nitrogen and oxygen atoms in total. The second-order valence-electron chi connectivity index (χ2n) is 7.24. The highest BCUT2D eigenvalue weighted by Gasteiger charge is 2.23. The Morgan fingerprint density at radius 2 is 1.90 bits per heavy atom. The van der Waals surface area contributed by atoms with Crippen molar-refractivity contribution in [3.05, 3.63) is 66.2 Å². The Morgan fingerprint density at radius 1 is 1.07 bits per heavy atom. The molecular formula is C22H19N7. The number of hydrogen-bond acceptors (Lipinski definition) is 6. The zero-order valence-corrected chi connectivity index (χ0v) is 15.9. The number of anilines is 3. The van der Waals surface area contributed by atoms with Gasteiger partial charge in [0.1, 0.15) is 6.07 Å². The molecule has 3 heterocycles. The van der Waals surface area contributed by atoms with Crippen LogP contribution in [0.3, 0.4) is 0 Å². The Bertz CT molecular complexity index is 1230. The Kier molecular flexibility index (Phi) is 4.10. The summed E-state index contributed by atoms with van der Waals surface area (Å²) in [6.07, 6.45) is 7.43. The first-order valence-electron chi connectivity index (χ1n) is 9.55. The van der Waals surface area contributed by atoms with Gasteiger partial charge >= 0.3 is 0 Å². The highest BCUT2D eigenvalue weighted by atomic mass is 15.3. The molecule has 3 aromatic heterocycles. The molecule has 0 spiro atoms. The van der Waals surface area contributed by atoms with E-state index in [1.807, 2.05) is 18.2 Å². The zero-order chi connectivity index (χ0) is 19.8. The summed E-state index contributed by atoms with van der Waals surface area (Å²) in [5.41, 5.74) is 6.22. The fourth-order valence-corrected chi connectivity index (χ4v) is 3.28. The molecule has 1 aliphatic carbocycles. The first-order chi connectivity index (χ1) is 14.2. The first-order valence-corrected chi connectivity index (χ1v) is 9.55. The molecule has 0 amide bonds. The van der Waals surface area contributed by atoms with Gasteiger partial charge in [0.2, 0.25) is 0 Å². The van der Waals surface area contributed by atoms with Gasteiger partial charge in [-0.15, -0.1) is 5.10 Å². The van der Waals surface area contributed by atoms with E-state index >= 15 is 0 Å². The number of nitrogens with zero attached hydrogens (tertiary/aromatic N) is 5. The molecule has 1 aliphatic rings. The van der Waals surface area contributed by atoms with Crippen LogP contribution in [0.4, 0.5) is 17.2 Å². The highest BCUT2D eigenvalue weighted by Crippen LogP contribution is 2.31.